The van der Waals surface area contributed by atoms with E-state index in [1.807, 2.05) is 4.90 Å². The lowest BCUT2D eigenvalue weighted by molar-refractivity contribution is 0.0926. The Bertz CT molecular complexity index is 495. The Morgan fingerprint density at radius 1 is 1.63 bits per heavy atom. The minimum absolute atomic E-state index is 0.147. The molecule has 0 aromatic heterocycles. The molecule has 3 N–H and O–H groups in total. The molecule has 0 spiro atoms. The first kappa shape index (κ1) is 14.3. The maximum Gasteiger partial charge on any atom is 0.161 e. The summed E-state index contributed by atoms with van der Waals surface area (Å²) in [6.07, 6.45) is 0.894. The molecule has 1 aromatic rings. The van der Waals surface area contributed by atoms with E-state index in [0.717, 1.165) is 6.42 Å². The summed E-state index contributed by atoms with van der Waals surface area (Å²) in [6.45, 7) is 3.94. The molecule has 2 rings (SSSR count). The summed E-state index contributed by atoms with van der Waals surface area (Å²) in [7, 11) is 0. The van der Waals surface area contributed by atoms with Crippen molar-refractivity contribution in [2.24, 2.45) is 5.73 Å². The maximum atomic E-state index is 14.4. The van der Waals surface area contributed by atoms with Crippen LogP contribution in [0, 0.1) is 11.2 Å². The number of anilines is 1. The average molecular weight is 330 g/mol. The first-order valence-corrected chi connectivity index (χ1v) is 7.02. The molecular weight excluding hydrogens is 313 g/mol. The number of ether oxygens (including phenoxy) is 1. The van der Waals surface area contributed by atoms with Gasteiger partial charge in [0.2, 0.25) is 0 Å². The van der Waals surface area contributed by atoms with Crippen LogP contribution in [-0.2, 0) is 4.74 Å². The number of nitrogens with two attached hydrogens (primary N) is 1. The fraction of sp³-hybridized carbons (Fsp3) is 0.462. The predicted octanol–water partition coefficient (Wildman–Crippen LogP) is 2.49. The molecule has 6 heteroatoms. The quantitative estimate of drug-likeness (QED) is 0.661. The van der Waals surface area contributed by atoms with E-state index < -0.39 is 0 Å². The average Bonchev–Trinajstić information content (AvgIpc) is 2.41. The Balaban J connectivity index is 2.39. The molecule has 4 nitrogen and oxygen atoms in total. The lowest BCUT2D eigenvalue weighted by Crippen LogP contribution is -2.45. The smallest absolute Gasteiger partial charge is 0.161 e. The molecule has 0 bridgehead atoms. The van der Waals surface area contributed by atoms with Crippen LogP contribution in [0.1, 0.15) is 18.9 Å². The highest BCUT2D eigenvalue weighted by molar-refractivity contribution is 9.10. The van der Waals surface area contributed by atoms with Gasteiger partial charge < -0.3 is 15.4 Å². The van der Waals surface area contributed by atoms with Gasteiger partial charge in [0, 0.05) is 12.1 Å². The fourth-order valence-corrected chi connectivity index (χ4v) is 2.83. The zero-order chi connectivity index (χ0) is 14.0. The summed E-state index contributed by atoms with van der Waals surface area (Å²) in [6, 6.07) is 3.54. The van der Waals surface area contributed by atoms with E-state index in [0.29, 0.717) is 31.0 Å². The van der Waals surface area contributed by atoms with Gasteiger partial charge in [-0.05, 0) is 34.5 Å². The number of nitrogens with zero attached hydrogens (tertiary/aromatic N) is 1. The summed E-state index contributed by atoms with van der Waals surface area (Å²) in [5, 5.41) is 7.41. The number of nitrogens with one attached hydrogen (secondary N) is 1. The number of halogens is 2. The molecule has 1 heterocycles. The van der Waals surface area contributed by atoms with E-state index in [-0.39, 0.29) is 22.2 Å². The lowest BCUT2D eigenvalue weighted by Gasteiger charge is -2.37. The lowest BCUT2D eigenvalue weighted by atomic mass is 10.1. The van der Waals surface area contributed by atoms with Gasteiger partial charge in [-0.15, -0.1) is 0 Å². The van der Waals surface area contributed by atoms with E-state index in [1.165, 1.54) is 0 Å². The predicted molar refractivity (Wildman–Crippen MR) is 77.4 cm³/mol. The zero-order valence-corrected chi connectivity index (χ0v) is 12.3. The molecule has 1 unspecified atom stereocenters. The molecule has 1 fully saturated rings. The summed E-state index contributed by atoms with van der Waals surface area (Å²) in [5.41, 5.74) is 6.33. The van der Waals surface area contributed by atoms with Crippen molar-refractivity contribution >= 4 is 27.5 Å². The third-order valence-corrected chi connectivity index (χ3v) is 4.14. The van der Waals surface area contributed by atoms with Crippen molar-refractivity contribution in [3.05, 3.63) is 28.0 Å². The highest BCUT2D eigenvalue weighted by Crippen LogP contribution is 2.31. The number of hydrogen-bond donors (Lipinski definition) is 2. The molecular formula is C13H17BrFN3O. The summed E-state index contributed by atoms with van der Waals surface area (Å²) >= 11 is 3.19. The van der Waals surface area contributed by atoms with Crippen LogP contribution >= 0.6 is 15.9 Å². The minimum atomic E-state index is -0.368. The molecule has 0 saturated carbocycles. The van der Waals surface area contributed by atoms with Crippen LogP contribution in [0.3, 0.4) is 0 Å². The second-order valence-electron chi connectivity index (χ2n) is 4.50. The van der Waals surface area contributed by atoms with Crippen LogP contribution in [0.4, 0.5) is 10.1 Å². The number of rotatable bonds is 3. The fourth-order valence-electron chi connectivity index (χ4n) is 2.28. The molecule has 1 aromatic carbocycles. The third-order valence-electron chi connectivity index (χ3n) is 3.36. The second kappa shape index (κ2) is 5.88. The first-order valence-electron chi connectivity index (χ1n) is 6.23. The van der Waals surface area contributed by atoms with Crippen LogP contribution in [0.2, 0.25) is 0 Å². The summed E-state index contributed by atoms with van der Waals surface area (Å²) in [5.74, 6) is -0.514. The SMILES string of the molecule is CCC1COCCN1c1ccc(C(=N)N)c(Br)c1F. The number of morpholine rings is 1. The highest BCUT2D eigenvalue weighted by atomic mass is 79.9. The number of hydrogen-bond acceptors (Lipinski definition) is 3. The van der Waals surface area contributed by atoms with Gasteiger partial charge in [-0.3, -0.25) is 5.41 Å². The number of amidine groups is 1. The molecule has 104 valence electrons. The molecule has 19 heavy (non-hydrogen) atoms. The van der Waals surface area contributed by atoms with E-state index in [9.17, 15) is 4.39 Å². The standard InChI is InChI=1S/C13H17BrFN3O/c1-2-8-7-19-6-5-18(8)10-4-3-9(13(16)17)11(14)12(10)15/h3-4,8H,2,5-7H2,1H3,(H3,16,17). The topological polar surface area (TPSA) is 62.3 Å². The monoisotopic (exact) mass is 329 g/mol. The van der Waals surface area contributed by atoms with Crippen molar-refractivity contribution in [1.82, 2.24) is 0 Å². The second-order valence-corrected chi connectivity index (χ2v) is 5.30. The van der Waals surface area contributed by atoms with Gasteiger partial charge in [-0.1, -0.05) is 6.92 Å². The van der Waals surface area contributed by atoms with Crippen molar-refractivity contribution < 1.29 is 9.13 Å². The Morgan fingerprint density at radius 2 is 2.37 bits per heavy atom. The normalized spacial score (nSPS) is 19.5. The van der Waals surface area contributed by atoms with Crippen LogP contribution in [-0.4, -0.2) is 31.6 Å². The van der Waals surface area contributed by atoms with E-state index in [1.54, 1.807) is 12.1 Å². The van der Waals surface area contributed by atoms with Crippen molar-refractivity contribution in [2.45, 2.75) is 19.4 Å². The van der Waals surface area contributed by atoms with Gasteiger partial charge in [-0.2, -0.15) is 0 Å². The van der Waals surface area contributed by atoms with Crippen molar-refractivity contribution in [2.75, 3.05) is 24.7 Å². The van der Waals surface area contributed by atoms with Crippen LogP contribution in [0.5, 0.6) is 0 Å². The Labute approximate surface area is 120 Å². The van der Waals surface area contributed by atoms with Crippen molar-refractivity contribution in [3.8, 4) is 0 Å². The van der Waals surface area contributed by atoms with Crippen LogP contribution < -0.4 is 10.6 Å². The summed E-state index contributed by atoms with van der Waals surface area (Å²) < 4.78 is 20.1. The minimum Gasteiger partial charge on any atom is -0.384 e. The van der Waals surface area contributed by atoms with Gasteiger partial charge in [-0.25, -0.2) is 4.39 Å². The zero-order valence-electron chi connectivity index (χ0n) is 10.7. The van der Waals surface area contributed by atoms with Crippen molar-refractivity contribution in [1.29, 1.82) is 5.41 Å². The van der Waals surface area contributed by atoms with Gasteiger partial charge in [0.25, 0.3) is 0 Å². The molecule has 1 aliphatic rings. The van der Waals surface area contributed by atoms with E-state index in [4.69, 9.17) is 15.9 Å². The summed E-state index contributed by atoms with van der Waals surface area (Å²) in [4.78, 5) is 2.02. The van der Waals surface area contributed by atoms with Gasteiger partial charge in [0.1, 0.15) is 5.84 Å². The van der Waals surface area contributed by atoms with Gasteiger partial charge >= 0.3 is 0 Å². The van der Waals surface area contributed by atoms with E-state index >= 15 is 0 Å². The van der Waals surface area contributed by atoms with Gasteiger partial charge in [0.05, 0.1) is 29.4 Å². The van der Waals surface area contributed by atoms with Crippen molar-refractivity contribution in [3.63, 3.8) is 0 Å². The van der Waals surface area contributed by atoms with Crippen LogP contribution in [0.25, 0.3) is 0 Å². The third kappa shape index (κ3) is 2.74. The molecule has 0 aliphatic carbocycles. The molecule has 1 atom stereocenters. The molecule has 0 radical (unpaired) electrons. The first-order chi connectivity index (χ1) is 9.06. The Morgan fingerprint density at radius 3 is 3.00 bits per heavy atom. The highest BCUT2D eigenvalue weighted by Gasteiger charge is 2.25. The number of nitrogen functional groups attached to an aromatic ring is 1. The number of benzene rings is 1. The van der Waals surface area contributed by atoms with Crippen LogP contribution in [0.15, 0.2) is 16.6 Å². The molecule has 1 aliphatic heterocycles. The maximum absolute atomic E-state index is 14.4. The molecule has 1 saturated heterocycles. The Kier molecular flexibility index (Phi) is 4.42. The van der Waals surface area contributed by atoms with Gasteiger partial charge in [0.15, 0.2) is 5.82 Å². The Hall–Kier alpha value is -1.14. The van der Waals surface area contributed by atoms with E-state index in [2.05, 4.69) is 22.9 Å². The molecule has 0 amide bonds. The largest absolute Gasteiger partial charge is 0.384 e.